The highest BCUT2D eigenvalue weighted by atomic mass is 28.4. The van der Waals surface area contributed by atoms with Crippen molar-refractivity contribution in [3.8, 4) is 0 Å². The Kier molecular flexibility index (Phi) is 25.2. The number of nitrogens with two attached hydrogens (primary N) is 1. The van der Waals surface area contributed by atoms with Crippen molar-refractivity contribution in [1.29, 1.82) is 0 Å². The number of ketones is 2. The third kappa shape index (κ3) is 19.2. The topological polar surface area (TPSA) is 87.8 Å². The summed E-state index contributed by atoms with van der Waals surface area (Å²) in [4.78, 5) is 26.4. The fourth-order valence-corrected chi connectivity index (χ4v) is 6.88. The monoisotopic (exact) mass is 543 g/mol. The molecule has 0 saturated heterocycles. The lowest BCUT2D eigenvalue weighted by Crippen LogP contribution is -2.51. The van der Waals surface area contributed by atoms with Crippen molar-refractivity contribution < 1.29 is 22.9 Å². The summed E-state index contributed by atoms with van der Waals surface area (Å²) in [6.45, 7) is 4.95. The number of carbonyl (C=O) groups is 2. The number of unbranched alkanes of at least 4 members (excludes halogenated alkanes) is 16. The molecule has 0 aromatic rings. The summed E-state index contributed by atoms with van der Waals surface area (Å²) in [7, 11) is -0.0455. The van der Waals surface area contributed by atoms with Crippen LogP contribution in [-0.2, 0) is 22.9 Å². The van der Waals surface area contributed by atoms with Gasteiger partial charge in [-0.05, 0) is 25.8 Å². The molecule has 0 spiro atoms. The molecule has 0 aromatic heterocycles. The maximum absolute atomic E-state index is 13.2. The Morgan fingerprint density at radius 3 is 1.27 bits per heavy atom. The summed E-state index contributed by atoms with van der Waals surface area (Å²) >= 11 is 0. The van der Waals surface area contributed by atoms with Gasteiger partial charge in [0.25, 0.3) is 0 Å². The minimum atomic E-state index is -3.13. The van der Waals surface area contributed by atoms with E-state index in [1.165, 1.54) is 77.0 Å². The van der Waals surface area contributed by atoms with Crippen LogP contribution in [0.2, 0.25) is 6.04 Å². The molecule has 2 N–H and O–H groups in total. The van der Waals surface area contributed by atoms with Gasteiger partial charge in [-0.15, -0.1) is 0 Å². The Bertz CT molecular complexity index is 508. The first kappa shape index (κ1) is 36.4. The maximum Gasteiger partial charge on any atom is 0.501 e. The number of hydrogen-bond acceptors (Lipinski definition) is 6. The first-order valence-electron chi connectivity index (χ1n) is 15.5. The van der Waals surface area contributed by atoms with Gasteiger partial charge >= 0.3 is 8.80 Å². The van der Waals surface area contributed by atoms with E-state index >= 15 is 0 Å². The van der Waals surface area contributed by atoms with Gasteiger partial charge in [0, 0.05) is 33.1 Å². The van der Waals surface area contributed by atoms with E-state index in [-0.39, 0.29) is 11.6 Å². The summed E-state index contributed by atoms with van der Waals surface area (Å²) < 4.78 is 17.5. The predicted octanol–water partition coefficient (Wildman–Crippen LogP) is 7.93. The van der Waals surface area contributed by atoms with E-state index in [9.17, 15) is 9.59 Å². The van der Waals surface area contributed by atoms with Crippen LogP contribution >= 0.6 is 0 Å². The number of rotatable bonds is 29. The summed E-state index contributed by atoms with van der Waals surface area (Å²) in [5.74, 6) is -0.245. The van der Waals surface area contributed by atoms with Gasteiger partial charge in [-0.1, -0.05) is 117 Å². The van der Waals surface area contributed by atoms with Gasteiger partial charge < -0.3 is 19.0 Å². The van der Waals surface area contributed by atoms with Gasteiger partial charge in [0.1, 0.15) is 0 Å². The van der Waals surface area contributed by atoms with Gasteiger partial charge in [0.05, 0.1) is 0 Å². The van der Waals surface area contributed by atoms with E-state index in [1.807, 2.05) is 0 Å². The Morgan fingerprint density at radius 1 is 0.595 bits per heavy atom. The Balaban J connectivity index is 4.70. The zero-order chi connectivity index (χ0) is 27.6. The van der Waals surface area contributed by atoms with Crippen LogP contribution in [0.15, 0.2) is 0 Å². The number of Topliss-reactive ketones (excluding diaryl/α,β-unsaturated/α-hetero) is 2. The smallest absolute Gasteiger partial charge is 0.377 e. The minimum absolute atomic E-state index is 0.123. The van der Waals surface area contributed by atoms with Crippen LogP contribution in [0.1, 0.15) is 149 Å². The normalized spacial score (nSPS) is 11.9. The molecule has 0 unspecified atom stereocenters. The van der Waals surface area contributed by atoms with Crippen molar-refractivity contribution in [2.24, 2.45) is 5.73 Å². The van der Waals surface area contributed by atoms with Crippen molar-refractivity contribution in [2.75, 3.05) is 20.8 Å². The van der Waals surface area contributed by atoms with Gasteiger partial charge in [0.2, 0.25) is 0 Å². The standard InChI is InChI=1S/C30H61NO5Si/c1-5-7-9-11-13-15-17-19-21-24-28(32)30(36-37(34-3,35-4)27-23-26-31)29(33)25-22-20-18-16-14-12-10-8-6-2/h30H,5-27,31H2,1-4H3. The molecular formula is C30H61NO5Si. The first-order valence-corrected chi connectivity index (χ1v) is 17.5. The van der Waals surface area contributed by atoms with E-state index in [0.717, 1.165) is 38.5 Å². The lowest BCUT2D eigenvalue weighted by molar-refractivity contribution is -0.140. The maximum atomic E-state index is 13.2. The second-order valence-electron chi connectivity index (χ2n) is 10.6. The quantitative estimate of drug-likeness (QED) is 0.0585. The lowest BCUT2D eigenvalue weighted by Gasteiger charge is -2.30. The Hall–Kier alpha value is -0.603. The molecule has 0 aliphatic heterocycles. The van der Waals surface area contributed by atoms with E-state index in [4.69, 9.17) is 19.0 Å². The Morgan fingerprint density at radius 2 is 0.946 bits per heavy atom. The average Bonchev–Trinajstić information content (AvgIpc) is 2.91. The van der Waals surface area contributed by atoms with Gasteiger partial charge in [0.15, 0.2) is 17.7 Å². The van der Waals surface area contributed by atoms with Crippen LogP contribution in [0.3, 0.4) is 0 Å². The SMILES string of the molecule is CCCCCCCCCCCC(=O)C(O[Si](CCCN)(OC)OC)C(=O)CCCCCCCCCCC. The fourth-order valence-electron chi connectivity index (χ4n) is 4.73. The molecule has 0 atom stereocenters. The largest absolute Gasteiger partial charge is 0.501 e. The zero-order valence-electron chi connectivity index (χ0n) is 25.0. The van der Waals surface area contributed by atoms with E-state index in [0.29, 0.717) is 31.9 Å². The van der Waals surface area contributed by atoms with Crippen molar-refractivity contribution in [3.63, 3.8) is 0 Å². The van der Waals surface area contributed by atoms with Crippen molar-refractivity contribution >= 4 is 20.4 Å². The lowest BCUT2D eigenvalue weighted by atomic mass is 9.99. The third-order valence-electron chi connectivity index (χ3n) is 7.24. The highest BCUT2D eigenvalue weighted by Crippen LogP contribution is 2.22. The summed E-state index contributed by atoms with van der Waals surface area (Å²) in [5.41, 5.74) is 5.70. The van der Waals surface area contributed by atoms with Crippen LogP contribution in [0, 0.1) is 0 Å². The van der Waals surface area contributed by atoms with Crippen LogP contribution < -0.4 is 5.73 Å². The highest BCUT2D eigenvalue weighted by Gasteiger charge is 2.44. The second kappa shape index (κ2) is 25.7. The molecule has 0 heterocycles. The molecule has 0 fully saturated rings. The first-order chi connectivity index (χ1) is 18.0. The van der Waals surface area contributed by atoms with E-state index in [1.54, 1.807) is 14.2 Å². The molecule has 0 rings (SSSR count). The van der Waals surface area contributed by atoms with Crippen LogP contribution in [0.25, 0.3) is 0 Å². The molecule has 0 radical (unpaired) electrons. The second-order valence-corrected chi connectivity index (χ2v) is 13.5. The molecule has 6 nitrogen and oxygen atoms in total. The molecule has 0 aromatic carbocycles. The molecule has 0 bridgehead atoms. The summed E-state index contributed by atoms with van der Waals surface area (Å²) in [5, 5.41) is 0. The van der Waals surface area contributed by atoms with Crippen molar-refractivity contribution in [1.82, 2.24) is 0 Å². The average molecular weight is 544 g/mol. The third-order valence-corrected chi connectivity index (χ3v) is 10.0. The Labute approximate surface area is 230 Å². The van der Waals surface area contributed by atoms with Crippen molar-refractivity contribution in [3.05, 3.63) is 0 Å². The molecule has 37 heavy (non-hydrogen) atoms. The van der Waals surface area contributed by atoms with Crippen molar-refractivity contribution in [2.45, 2.75) is 161 Å². The van der Waals surface area contributed by atoms with E-state index < -0.39 is 14.9 Å². The zero-order valence-corrected chi connectivity index (χ0v) is 26.0. The summed E-state index contributed by atoms with van der Waals surface area (Å²) in [6.07, 6.45) is 21.7. The fraction of sp³-hybridized carbons (Fsp3) is 0.933. The minimum Gasteiger partial charge on any atom is -0.377 e. The summed E-state index contributed by atoms with van der Waals surface area (Å²) in [6, 6.07) is 0.504. The highest BCUT2D eigenvalue weighted by molar-refractivity contribution is 6.61. The van der Waals surface area contributed by atoms with Gasteiger partial charge in [-0.25, -0.2) is 0 Å². The number of carbonyl (C=O) groups excluding carboxylic acids is 2. The molecule has 0 saturated carbocycles. The molecule has 0 aliphatic carbocycles. The molecule has 220 valence electrons. The van der Waals surface area contributed by atoms with Gasteiger partial charge in [-0.3, -0.25) is 9.59 Å². The molecule has 0 amide bonds. The predicted molar refractivity (Wildman–Crippen MR) is 157 cm³/mol. The molecular weight excluding hydrogens is 482 g/mol. The van der Waals surface area contributed by atoms with E-state index in [2.05, 4.69) is 13.8 Å². The van der Waals surface area contributed by atoms with Crippen LogP contribution in [0.5, 0.6) is 0 Å². The van der Waals surface area contributed by atoms with Crippen LogP contribution in [0.4, 0.5) is 0 Å². The van der Waals surface area contributed by atoms with Crippen LogP contribution in [-0.4, -0.2) is 47.2 Å². The molecule has 7 heteroatoms. The molecule has 0 aliphatic rings. The van der Waals surface area contributed by atoms with Gasteiger partial charge in [-0.2, -0.15) is 0 Å². The number of hydrogen-bond donors (Lipinski definition) is 1.